The topological polar surface area (TPSA) is 74.8 Å². The average molecular weight is 454 g/mol. The van der Waals surface area contributed by atoms with E-state index < -0.39 is 5.60 Å². The predicted octanol–water partition coefficient (Wildman–Crippen LogP) is 3.26. The number of alkyl carbamates (subject to hydrolysis) is 1. The highest BCUT2D eigenvalue weighted by molar-refractivity contribution is 14.0. The molecule has 0 bridgehead atoms. The Morgan fingerprint density at radius 3 is 2.21 bits per heavy atom. The highest BCUT2D eigenvalue weighted by Crippen LogP contribution is 2.43. The van der Waals surface area contributed by atoms with Crippen molar-refractivity contribution in [2.75, 3.05) is 26.2 Å². The first-order valence-corrected chi connectivity index (χ1v) is 8.79. The lowest BCUT2D eigenvalue weighted by atomic mass is 9.67. The Morgan fingerprint density at radius 1 is 1.12 bits per heavy atom. The molecule has 0 unspecified atom stereocenters. The molecular formula is C17H35IN4O2. The van der Waals surface area contributed by atoms with Crippen LogP contribution in [0.4, 0.5) is 4.79 Å². The average Bonchev–Trinajstić information content (AvgIpc) is 2.40. The van der Waals surface area contributed by atoms with E-state index in [0.717, 1.165) is 19.0 Å². The smallest absolute Gasteiger partial charge is 0.407 e. The van der Waals surface area contributed by atoms with Crippen molar-refractivity contribution < 1.29 is 9.53 Å². The molecular weight excluding hydrogens is 419 g/mol. The first kappa shape index (κ1) is 23.3. The van der Waals surface area contributed by atoms with Crippen molar-refractivity contribution in [1.29, 1.82) is 0 Å². The Balaban J connectivity index is 0.00000529. The second-order valence-electron chi connectivity index (χ2n) is 7.26. The van der Waals surface area contributed by atoms with Gasteiger partial charge < -0.3 is 20.7 Å². The molecule has 0 saturated heterocycles. The van der Waals surface area contributed by atoms with E-state index in [1.807, 2.05) is 20.8 Å². The normalized spacial score (nSPS) is 16.5. The molecule has 142 valence electrons. The third-order valence-electron chi connectivity index (χ3n) is 4.17. The molecule has 24 heavy (non-hydrogen) atoms. The molecule has 0 aromatic carbocycles. The maximum Gasteiger partial charge on any atom is 0.407 e. The van der Waals surface area contributed by atoms with Crippen LogP contribution in [0.3, 0.4) is 0 Å². The van der Waals surface area contributed by atoms with Crippen LogP contribution in [-0.2, 0) is 4.74 Å². The summed E-state index contributed by atoms with van der Waals surface area (Å²) in [6, 6.07) is 0. The maximum atomic E-state index is 11.6. The van der Waals surface area contributed by atoms with E-state index in [1.54, 1.807) is 0 Å². The van der Waals surface area contributed by atoms with Crippen LogP contribution in [0.25, 0.3) is 0 Å². The Hall–Kier alpha value is -0.730. The van der Waals surface area contributed by atoms with Crippen LogP contribution in [0.5, 0.6) is 0 Å². The number of ether oxygens (including phenoxy) is 1. The minimum Gasteiger partial charge on any atom is -0.444 e. The van der Waals surface area contributed by atoms with Crippen molar-refractivity contribution in [3.63, 3.8) is 0 Å². The zero-order valence-corrected chi connectivity index (χ0v) is 18.2. The molecule has 0 radical (unpaired) electrons. The second kappa shape index (κ2) is 11.0. The molecule has 0 spiro atoms. The van der Waals surface area contributed by atoms with E-state index in [-0.39, 0.29) is 30.1 Å². The third kappa shape index (κ3) is 8.94. The van der Waals surface area contributed by atoms with Crippen LogP contribution in [0.2, 0.25) is 0 Å². The number of hydrogen-bond donors (Lipinski definition) is 3. The van der Waals surface area contributed by atoms with Crippen molar-refractivity contribution in [2.24, 2.45) is 10.4 Å². The molecule has 0 atom stereocenters. The predicted molar refractivity (Wildman–Crippen MR) is 110 cm³/mol. The van der Waals surface area contributed by atoms with E-state index in [9.17, 15) is 4.79 Å². The molecule has 0 aliphatic heterocycles. The van der Waals surface area contributed by atoms with Gasteiger partial charge in [-0.1, -0.05) is 13.3 Å². The van der Waals surface area contributed by atoms with Gasteiger partial charge in [0.15, 0.2) is 5.96 Å². The summed E-state index contributed by atoms with van der Waals surface area (Å²) in [7, 11) is 0. The highest BCUT2D eigenvalue weighted by Gasteiger charge is 2.34. The molecule has 1 saturated carbocycles. The van der Waals surface area contributed by atoms with Crippen molar-refractivity contribution in [1.82, 2.24) is 16.0 Å². The molecule has 1 aliphatic rings. The molecule has 0 heterocycles. The summed E-state index contributed by atoms with van der Waals surface area (Å²) in [6.45, 7) is 12.7. The van der Waals surface area contributed by atoms with E-state index in [2.05, 4.69) is 29.8 Å². The van der Waals surface area contributed by atoms with Gasteiger partial charge in [-0.25, -0.2) is 4.79 Å². The number of guanidine groups is 1. The van der Waals surface area contributed by atoms with Crippen molar-refractivity contribution >= 4 is 36.0 Å². The number of halogens is 1. The largest absolute Gasteiger partial charge is 0.444 e. The molecule has 7 heteroatoms. The van der Waals surface area contributed by atoms with Gasteiger partial charge >= 0.3 is 6.09 Å². The van der Waals surface area contributed by atoms with Crippen LogP contribution >= 0.6 is 24.0 Å². The summed E-state index contributed by atoms with van der Waals surface area (Å²) < 4.78 is 5.20. The second-order valence-corrected chi connectivity index (χ2v) is 7.26. The summed E-state index contributed by atoms with van der Waals surface area (Å²) in [5.74, 6) is 0.818. The minimum absolute atomic E-state index is 0. The third-order valence-corrected chi connectivity index (χ3v) is 4.17. The lowest BCUT2D eigenvalue weighted by Crippen LogP contribution is -2.43. The first-order valence-electron chi connectivity index (χ1n) is 8.79. The summed E-state index contributed by atoms with van der Waals surface area (Å²) in [4.78, 5) is 16.3. The summed E-state index contributed by atoms with van der Waals surface area (Å²) >= 11 is 0. The molecule has 1 aliphatic carbocycles. The number of aliphatic imine (C=N–C) groups is 1. The minimum atomic E-state index is -0.467. The van der Waals surface area contributed by atoms with E-state index >= 15 is 0 Å². The fraction of sp³-hybridized carbons (Fsp3) is 0.882. The van der Waals surface area contributed by atoms with Gasteiger partial charge in [-0.3, -0.25) is 4.99 Å². The van der Waals surface area contributed by atoms with Gasteiger partial charge in [0.2, 0.25) is 0 Å². The SMILES string of the molecule is CCNC(=NCC1(CC)CCC1)NCCNC(=O)OC(C)(C)C.I. The summed E-state index contributed by atoms with van der Waals surface area (Å²) in [6.07, 6.45) is 4.70. The zero-order valence-electron chi connectivity index (χ0n) is 15.8. The highest BCUT2D eigenvalue weighted by atomic mass is 127. The first-order chi connectivity index (χ1) is 10.8. The molecule has 1 fully saturated rings. The molecule has 1 amide bonds. The number of nitrogens with one attached hydrogen (secondary N) is 3. The fourth-order valence-corrected chi connectivity index (χ4v) is 2.55. The zero-order chi connectivity index (χ0) is 17.3. The van der Waals surface area contributed by atoms with E-state index in [4.69, 9.17) is 9.73 Å². The van der Waals surface area contributed by atoms with Gasteiger partial charge in [-0.05, 0) is 52.4 Å². The maximum absolute atomic E-state index is 11.6. The Bertz CT molecular complexity index is 398. The number of hydrogen-bond acceptors (Lipinski definition) is 3. The van der Waals surface area contributed by atoms with Crippen LogP contribution in [0.15, 0.2) is 4.99 Å². The van der Waals surface area contributed by atoms with Crippen molar-refractivity contribution in [2.45, 2.75) is 65.9 Å². The lowest BCUT2D eigenvalue weighted by molar-refractivity contribution is 0.0529. The molecule has 3 N–H and O–H groups in total. The molecule has 6 nitrogen and oxygen atoms in total. The van der Waals surface area contributed by atoms with E-state index in [0.29, 0.717) is 18.5 Å². The van der Waals surface area contributed by atoms with Crippen LogP contribution in [0, 0.1) is 5.41 Å². The van der Waals surface area contributed by atoms with Gasteiger partial charge in [0.05, 0.1) is 0 Å². The Kier molecular flexibility index (Phi) is 10.7. The molecule has 1 rings (SSSR count). The monoisotopic (exact) mass is 454 g/mol. The molecule has 0 aromatic heterocycles. The quantitative estimate of drug-likeness (QED) is 0.239. The van der Waals surface area contributed by atoms with Gasteiger partial charge in [0.1, 0.15) is 5.60 Å². The van der Waals surface area contributed by atoms with Gasteiger partial charge in [0, 0.05) is 26.2 Å². The number of carbonyl (C=O) groups is 1. The van der Waals surface area contributed by atoms with Crippen LogP contribution in [0.1, 0.15) is 60.3 Å². The van der Waals surface area contributed by atoms with Gasteiger partial charge in [0.25, 0.3) is 0 Å². The van der Waals surface area contributed by atoms with Gasteiger partial charge in [-0.15, -0.1) is 24.0 Å². The summed E-state index contributed by atoms with van der Waals surface area (Å²) in [5, 5.41) is 9.24. The van der Waals surface area contributed by atoms with Crippen molar-refractivity contribution in [3.05, 3.63) is 0 Å². The Labute approximate surface area is 164 Å². The van der Waals surface area contributed by atoms with Crippen LogP contribution < -0.4 is 16.0 Å². The number of amides is 1. The number of nitrogens with zero attached hydrogens (tertiary/aromatic N) is 1. The van der Waals surface area contributed by atoms with Gasteiger partial charge in [-0.2, -0.15) is 0 Å². The fourth-order valence-electron chi connectivity index (χ4n) is 2.55. The number of rotatable bonds is 7. The number of carbonyl (C=O) groups excluding carboxylic acids is 1. The lowest BCUT2D eigenvalue weighted by Gasteiger charge is -2.40. The van der Waals surface area contributed by atoms with Crippen LogP contribution in [-0.4, -0.2) is 43.8 Å². The standard InChI is InChI=1S/C17H34N4O2.HI/c1-6-17(9-8-10-17)13-21-14(18-7-2)19-11-12-20-15(22)23-16(3,4)5;/h6-13H2,1-5H3,(H,20,22)(H2,18,19,21);1H. The Morgan fingerprint density at radius 2 is 1.75 bits per heavy atom. The summed E-state index contributed by atoms with van der Waals surface area (Å²) in [5.41, 5.74) is -0.0533. The van der Waals surface area contributed by atoms with Crippen molar-refractivity contribution in [3.8, 4) is 0 Å². The van der Waals surface area contributed by atoms with E-state index in [1.165, 1.54) is 25.7 Å². The molecule has 0 aromatic rings.